The van der Waals surface area contributed by atoms with Gasteiger partial charge in [0.1, 0.15) is 5.69 Å². The summed E-state index contributed by atoms with van der Waals surface area (Å²) in [5.41, 5.74) is 3.06. The van der Waals surface area contributed by atoms with E-state index in [-0.39, 0.29) is 11.7 Å². The first-order valence-corrected chi connectivity index (χ1v) is 7.64. The quantitative estimate of drug-likeness (QED) is 0.700. The number of aromatic nitrogens is 2. The fraction of sp³-hybridized carbons (Fsp3) is 0.0556. The van der Waals surface area contributed by atoms with E-state index in [1.54, 1.807) is 42.5 Å². The molecule has 2 aromatic carbocycles. The topological polar surface area (TPSA) is 74.8 Å². The molecular formula is C18H14ClN3O2. The van der Waals surface area contributed by atoms with Crippen LogP contribution in [0.15, 0.2) is 54.6 Å². The number of hydrogen-bond donors (Lipinski definition) is 2. The molecule has 0 atom stereocenters. The van der Waals surface area contributed by atoms with Gasteiger partial charge in [0, 0.05) is 21.8 Å². The van der Waals surface area contributed by atoms with Crippen molar-refractivity contribution in [3.63, 3.8) is 0 Å². The number of rotatable bonds is 4. The van der Waals surface area contributed by atoms with E-state index < -0.39 is 0 Å². The number of halogens is 1. The molecule has 1 amide bonds. The monoisotopic (exact) mass is 339 g/mol. The van der Waals surface area contributed by atoms with Crippen molar-refractivity contribution < 1.29 is 9.59 Å². The van der Waals surface area contributed by atoms with E-state index in [1.165, 1.54) is 6.92 Å². The largest absolute Gasteiger partial charge is 0.321 e. The van der Waals surface area contributed by atoms with Gasteiger partial charge in [0.25, 0.3) is 5.91 Å². The molecule has 0 saturated heterocycles. The predicted molar refractivity (Wildman–Crippen MR) is 93.4 cm³/mol. The Morgan fingerprint density at radius 1 is 1.04 bits per heavy atom. The lowest BCUT2D eigenvalue weighted by atomic mass is 10.1. The fourth-order valence-electron chi connectivity index (χ4n) is 2.19. The highest BCUT2D eigenvalue weighted by atomic mass is 35.5. The first-order valence-electron chi connectivity index (χ1n) is 7.26. The zero-order valence-corrected chi connectivity index (χ0v) is 13.6. The molecule has 0 aliphatic rings. The Morgan fingerprint density at radius 3 is 2.33 bits per heavy atom. The molecule has 0 spiro atoms. The molecule has 0 aliphatic carbocycles. The highest BCUT2D eigenvalue weighted by Crippen LogP contribution is 2.20. The summed E-state index contributed by atoms with van der Waals surface area (Å²) in [6, 6.07) is 15.6. The van der Waals surface area contributed by atoms with Crippen molar-refractivity contribution in [3.8, 4) is 11.3 Å². The second-order valence-corrected chi connectivity index (χ2v) is 5.70. The molecule has 0 fully saturated rings. The lowest BCUT2D eigenvalue weighted by Crippen LogP contribution is -2.12. The van der Waals surface area contributed by atoms with Gasteiger partial charge in [0.2, 0.25) is 0 Å². The maximum atomic E-state index is 12.3. The van der Waals surface area contributed by atoms with Gasteiger partial charge in [-0.15, -0.1) is 0 Å². The Morgan fingerprint density at radius 2 is 1.71 bits per heavy atom. The van der Waals surface area contributed by atoms with Crippen LogP contribution in [0.4, 0.5) is 5.69 Å². The second kappa shape index (κ2) is 6.68. The van der Waals surface area contributed by atoms with Gasteiger partial charge in [-0.3, -0.25) is 14.7 Å². The molecular weight excluding hydrogens is 326 g/mol. The van der Waals surface area contributed by atoms with E-state index in [2.05, 4.69) is 15.5 Å². The minimum atomic E-state index is -0.307. The number of Topliss-reactive ketones (excluding diaryl/α,β-unsaturated/α-hetero) is 1. The molecule has 3 rings (SSSR count). The zero-order valence-electron chi connectivity index (χ0n) is 12.8. The van der Waals surface area contributed by atoms with Crippen LogP contribution in [-0.2, 0) is 0 Å². The van der Waals surface area contributed by atoms with Crippen LogP contribution < -0.4 is 5.32 Å². The molecule has 6 heteroatoms. The Kier molecular flexibility index (Phi) is 4.44. The van der Waals surface area contributed by atoms with E-state index in [0.717, 1.165) is 5.56 Å². The molecule has 24 heavy (non-hydrogen) atoms. The number of anilines is 1. The van der Waals surface area contributed by atoms with Crippen LogP contribution in [0, 0.1) is 0 Å². The number of aromatic amines is 1. The van der Waals surface area contributed by atoms with Crippen molar-refractivity contribution in [3.05, 3.63) is 70.9 Å². The van der Waals surface area contributed by atoms with Gasteiger partial charge in [-0.25, -0.2) is 0 Å². The summed E-state index contributed by atoms with van der Waals surface area (Å²) in [6.07, 6.45) is 0. The van der Waals surface area contributed by atoms with Crippen LogP contribution in [0.25, 0.3) is 11.3 Å². The molecule has 0 saturated carbocycles. The number of carbonyl (C=O) groups is 2. The minimum Gasteiger partial charge on any atom is -0.321 e. The normalized spacial score (nSPS) is 10.4. The van der Waals surface area contributed by atoms with Crippen molar-refractivity contribution in [2.45, 2.75) is 6.92 Å². The van der Waals surface area contributed by atoms with Crippen molar-refractivity contribution in [2.24, 2.45) is 0 Å². The number of hydrogen-bond acceptors (Lipinski definition) is 3. The number of nitrogens with one attached hydrogen (secondary N) is 2. The van der Waals surface area contributed by atoms with E-state index in [9.17, 15) is 9.59 Å². The van der Waals surface area contributed by atoms with E-state index in [0.29, 0.717) is 27.7 Å². The minimum absolute atomic E-state index is 0.0194. The SMILES string of the molecule is CC(=O)c1ccc(NC(=O)c2cc(-c3ccc(Cl)cc3)n[nH]2)cc1. The van der Waals surface area contributed by atoms with Crippen LogP contribution in [-0.4, -0.2) is 21.9 Å². The maximum absolute atomic E-state index is 12.3. The van der Waals surface area contributed by atoms with E-state index in [4.69, 9.17) is 11.6 Å². The van der Waals surface area contributed by atoms with Crippen LogP contribution in [0.2, 0.25) is 5.02 Å². The summed E-state index contributed by atoms with van der Waals surface area (Å²) < 4.78 is 0. The van der Waals surface area contributed by atoms with Crippen LogP contribution >= 0.6 is 11.6 Å². The average Bonchev–Trinajstić information content (AvgIpc) is 3.06. The van der Waals surface area contributed by atoms with Crippen LogP contribution in [0.1, 0.15) is 27.8 Å². The summed E-state index contributed by atoms with van der Waals surface area (Å²) in [7, 11) is 0. The van der Waals surface area contributed by atoms with Crippen LogP contribution in [0.3, 0.4) is 0 Å². The van der Waals surface area contributed by atoms with Gasteiger partial charge in [-0.2, -0.15) is 5.10 Å². The molecule has 3 aromatic rings. The number of nitrogens with zero attached hydrogens (tertiary/aromatic N) is 1. The Balaban J connectivity index is 1.73. The molecule has 0 bridgehead atoms. The van der Waals surface area contributed by atoms with Gasteiger partial charge < -0.3 is 5.32 Å². The molecule has 0 radical (unpaired) electrons. The summed E-state index contributed by atoms with van der Waals surface area (Å²) in [6.45, 7) is 1.50. The molecule has 1 heterocycles. The first-order chi connectivity index (χ1) is 11.5. The van der Waals surface area contributed by atoms with Gasteiger partial charge in [-0.05, 0) is 49.4 Å². The lowest BCUT2D eigenvalue weighted by molar-refractivity contribution is 0.101. The third-order valence-corrected chi connectivity index (χ3v) is 3.76. The maximum Gasteiger partial charge on any atom is 0.273 e. The highest BCUT2D eigenvalue weighted by Gasteiger charge is 2.11. The smallest absolute Gasteiger partial charge is 0.273 e. The molecule has 1 aromatic heterocycles. The summed E-state index contributed by atoms with van der Waals surface area (Å²) >= 11 is 5.86. The molecule has 0 unspecified atom stereocenters. The standard InChI is InChI=1S/C18H14ClN3O2/c1-11(23)12-4-8-15(9-5-12)20-18(24)17-10-16(21-22-17)13-2-6-14(19)7-3-13/h2-10H,1H3,(H,20,24)(H,21,22). The number of H-pyrrole nitrogens is 1. The van der Waals surface area contributed by atoms with Gasteiger partial charge >= 0.3 is 0 Å². The third-order valence-electron chi connectivity index (χ3n) is 3.51. The van der Waals surface area contributed by atoms with E-state index >= 15 is 0 Å². The summed E-state index contributed by atoms with van der Waals surface area (Å²) in [5, 5.41) is 10.3. The molecule has 5 nitrogen and oxygen atoms in total. The number of amides is 1. The van der Waals surface area contributed by atoms with Crippen molar-refractivity contribution in [1.29, 1.82) is 0 Å². The summed E-state index contributed by atoms with van der Waals surface area (Å²) in [4.78, 5) is 23.5. The Hall–Kier alpha value is -2.92. The van der Waals surface area contributed by atoms with Gasteiger partial charge in [-0.1, -0.05) is 23.7 Å². The number of benzene rings is 2. The van der Waals surface area contributed by atoms with Gasteiger partial charge in [0.15, 0.2) is 5.78 Å². The molecule has 120 valence electrons. The number of carbonyl (C=O) groups excluding carboxylic acids is 2. The average molecular weight is 340 g/mol. The molecule has 0 aliphatic heterocycles. The third kappa shape index (κ3) is 3.52. The predicted octanol–water partition coefficient (Wildman–Crippen LogP) is 4.19. The van der Waals surface area contributed by atoms with Crippen molar-refractivity contribution >= 4 is 29.0 Å². The molecule has 2 N–H and O–H groups in total. The number of ketones is 1. The summed E-state index contributed by atoms with van der Waals surface area (Å²) in [5.74, 6) is -0.327. The Labute approximate surface area is 143 Å². The lowest BCUT2D eigenvalue weighted by Gasteiger charge is -2.04. The second-order valence-electron chi connectivity index (χ2n) is 5.26. The van der Waals surface area contributed by atoms with Crippen molar-refractivity contribution in [1.82, 2.24) is 10.2 Å². The van der Waals surface area contributed by atoms with E-state index in [1.807, 2.05) is 12.1 Å². The highest BCUT2D eigenvalue weighted by molar-refractivity contribution is 6.30. The van der Waals surface area contributed by atoms with Crippen LogP contribution in [0.5, 0.6) is 0 Å². The van der Waals surface area contributed by atoms with Crippen molar-refractivity contribution in [2.75, 3.05) is 5.32 Å². The first kappa shape index (κ1) is 16.0. The van der Waals surface area contributed by atoms with Gasteiger partial charge in [0.05, 0.1) is 5.69 Å². The fourth-order valence-corrected chi connectivity index (χ4v) is 2.32. The zero-order chi connectivity index (χ0) is 17.1. The Bertz CT molecular complexity index is 883.